The van der Waals surface area contributed by atoms with Crippen LogP contribution in [0, 0.1) is 6.92 Å². The van der Waals surface area contributed by atoms with Gasteiger partial charge in [0, 0.05) is 12.2 Å². The molecule has 1 atom stereocenters. The highest BCUT2D eigenvalue weighted by molar-refractivity contribution is 5.69. The third-order valence-corrected chi connectivity index (χ3v) is 3.07. The summed E-state index contributed by atoms with van der Waals surface area (Å²) in [5.74, 6) is 0.00307. The van der Waals surface area contributed by atoms with Crippen molar-refractivity contribution in [1.29, 1.82) is 0 Å². The Morgan fingerprint density at radius 1 is 1.42 bits per heavy atom. The summed E-state index contributed by atoms with van der Waals surface area (Å²) in [6, 6.07) is 6.13. The summed E-state index contributed by atoms with van der Waals surface area (Å²) in [5.41, 5.74) is 3.39. The van der Waals surface area contributed by atoms with Crippen molar-refractivity contribution in [3.63, 3.8) is 0 Å². The van der Waals surface area contributed by atoms with Gasteiger partial charge in [-0.2, -0.15) is 0 Å². The van der Waals surface area contributed by atoms with E-state index in [1.165, 1.54) is 12.7 Å². The number of hydrogen-bond donors (Lipinski definition) is 2. The number of aliphatic hydroxyl groups is 1. The van der Waals surface area contributed by atoms with Crippen molar-refractivity contribution in [3.05, 3.63) is 29.3 Å². The third-order valence-electron chi connectivity index (χ3n) is 3.07. The highest BCUT2D eigenvalue weighted by Crippen LogP contribution is 2.27. The minimum Gasteiger partial charge on any atom is -0.469 e. The SMILES string of the molecule is COC(=O)CC(O)CNc1c(C)cccc1C(C)C. The minimum atomic E-state index is -0.743. The van der Waals surface area contributed by atoms with Crippen molar-refractivity contribution < 1.29 is 14.6 Å². The molecule has 4 heteroatoms. The van der Waals surface area contributed by atoms with E-state index in [1.807, 2.05) is 19.1 Å². The van der Waals surface area contributed by atoms with Gasteiger partial charge in [0.1, 0.15) is 0 Å². The van der Waals surface area contributed by atoms with Gasteiger partial charge in [0.25, 0.3) is 0 Å². The smallest absolute Gasteiger partial charge is 0.308 e. The van der Waals surface area contributed by atoms with Crippen LogP contribution in [0.5, 0.6) is 0 Å². The van der Waals surface area contributed by atoms with Crippen LogP contribution < -0.4 is 5.32 Å². The first-order chi connectivity index (χ1) is 8.95. The number of hydrogen-bond acceptors (Lipinski definition) is 4. The number of aryl methyl sites for hydroxylation is 1. The molecule has 1 aromatic carbocycles. The summed E-state index contributed by atoms with van der Waals surface area (Å²) < 4.78 is 4.53. The Hall–Kier alpha value is -1.55. The van der Waals surface area contributed by atoms with Crippen LogP contribution in [0.15, 0.2) is 18.2 Å². The van der Waals surface area contributed by atoms with Crippen LogP contribution in [-0.4, -0.2) is 30.8 Å². The number of carbonyl (C=O) groups excluding carboxylic acids is 1. The molecule has 0 amide bonds. The van der Waals surface area contributed by atoms with Crippen molar-refractivity contribution in [2.45, 2.75) is 39.2 Å². The molecule has 0 heterocycles. The molecule has 0 aliphatic carbocycles. The Labute approximate surface area is 114 Å². The maximum atomic E-state index is 11.1. The molecule has 0 fully saturated rings. The van der Waals surface area contributed by atoms with Gasteiger partial charge in [0.15, 0.2) is 0 Å². The van der Waals surface area contributed by atoms with E-state index in [4.69, 9.17) is 0 Å². The van der Waals surface area contributed by atoms with Crippen LogP contribution in [0.2, 0.25) is 0 Å². The van der Waals surface area contributed by atoms with E-state index in [0.29, 0.717) is 12.5 Å². The molecule has 1 rings (SSSR count). The molecule has 0 bridgehead atoms. The van der Waals surface area contributed by atoms with Crippen LogP contribution in [0.1, 0.15) is 37.3 Å². The van der Waals surface area contributed by atoms with Crippen LogP contribution in [-0.2, 0) is 9.53 Å². The van der Waals surface area contributed by atoms with E-state index in [-0.39, 0.29) is 6.42 Å². The van der Waals surface area contributed by atoms with Crippen LogP contribution in [0.25, 0.3) is 0 Å². The summed E-state index contributed by atoms with van der Waals surface area (Å²) in [6.07, 6.45) is -0.737. The standard InChI is InChI=1S/C15H23NO3/c1-10(2)13-7-5-6-11(3)15(13)16-9-12(17)8-14(18)19-4/h5-7,10,12,16-17H,8-9H2,1-4H3. The number of anilines is 1. The first-order valence-electron chi connectivity index (χ1n) is 6.54. The van der Waals surface area contributed by atoms with Crippen molar-refractivity contribution in [3.8, 4) is 0 Å². The number of ether oxygens (including phenoxy) is 1. The molecule has 4 nitrogen and oxygen atoms in total. The van der Waals surface area contributed by atoms with Gasteiger partial charge in [-0.05, 0) is 24.0 Å². The highest BCUT2D eigenvalue weighted by Gasteiger charge is 2.13. The summed E-state index contributed by atoms with van der Waals surface area (Å²) in [6.45, 7) is 6.62. The molecule has 1 unspecified atom stereocenters. The summed E-state index contributed by atoms with van der Waals surface area (Å²) in [5, 5.41) is 13.0. The number of benzene rings is 1. The topological polar surface area (TPSA) is 58.6 Å². The Morgan fingerprint density at radius 3 is 2.68 bits per heavy atom. The third kappa shape index (κ3) is 4.56. The average molecular weight is 265 g/mol. The Bertz CT molecular complexity index is 429. The molecule has 0 radical (unpaired) electrons. The van der Waals surface area contributed by atoms with Gasteiger partial charge in [0.2, 0.25) is 0 Å². The molecule has 1 aromatic rings. The lowest BCUT2D eigenvalue weighted by Crippen LogP contribution is -2.24. The van der Waals surface area contributed by atoms with Crippen LogP contribution in [0.4, 0.5) is 5.69 Å². The molecule has 19 heavy (non-hydrogen) atoms. The molecular formula is C15H23NO3. The fourth-order valence-electron chi connectivity index (χ4n) is 1.98. The number of nitrogens with one attached hydrogen (secondary N) is 1. The van der Waals surface area contributed by atoms with Gasteiger partial charge in [-0.25, -0.2) is 0 Å². The molecular weight excluding hydrogens is 242 g/mol. The van der Waals surface area contributed by atoms with Gasteiger partial charge < -0.3 is 15.2 Å². The first-order valence-corrected chi connectivity index (χ1v) is 6.54. The van der Waals surface area contributed by atoms with E-state index >= 15 is 0 Å². The van der Waals surface area contributed by atoms with Gasteiger partial charge in [-0.15, -0.1) is 0 Å². The fourth-order valence-corrected chi connectivity index (χ4v) is 1.98. The van der Waals surface area contributed by atoms with Crippen molar-refractivity contribution >= 4 is 11.7 Å². The molecule has 0 spiro atoms. The lowest BCUT2D eigenvalue weighted by molar-refractivity contribution is -0.142. The molecule has 0 saturated heterocycles. The van der Waals surface area contributed by atoms with Crippen molar-refractivity contribution in [2.75, 3.05) is 19.0 Å². The maximum Gasteiger partial charge on any atom is 0.308 e. The zero-order valence-corrected chi connectivity index (χ0v) is 12.1. The van der Waals surface area contributed by atoms with E-state index < -0.39 is 12.1 Å². The molecule has 2 N–H and O–H groups in total. The number of rotatable bonds is 6. The quantitative estimate of drug-likeness (QED) is 0.776. The van der Waals surface area contributed by atoms with E-state index in [9.17, 15) is 9.90 Å². The number of esters is 1. The normalized spacial score (nSPS) is 12.3. The summed E-state index contributed by atoms with van der Waals surface area (Å²) in [7, 11) is 1.32. The lowest BCUT2D eigenvalue weighted by Gasteiger charge is -2.19. The fraction of sp³-hybridized carbons (Fsp3) is 0.533. The first kappa shape index (κ1) is 15.5. The Kier molecular flexibility index (Phi) is 5.83. The molecule has 0 aliphatic heterocycles. The number of carbonyl (C=O) groups is 1. The molecule has 106 valence electrons. The monoisotopic (exact) mass is 265 g/mol. The molecule has 0 aliphatic rings. The number of aliphatic hydroxyl groups excluding tert-OH is 1. The second-order valence-electron chi connectivity index (χ2n) is 5.01. The van der Waals surface area contributed by atoms with Gasteiger partial charge in [-0.1, -0.05) is 32.0 Å². The van der Waals surface area contributed by atoms with Crippen LogP contribution in [0.3, 0.4) is 0 Å². The van der Waals surface area contributed by atoms with E-state index in [0.717, 1.165) is 11.3 Å². The van der Waals surface area contributed by atoms with Gasteiger partial charge in [0.05, 0.1) is 19.6 Å². The zero-order valence-electron chi connectivity index (χ0n) is 12.1. The van der Waals surface area contributed by atoms with Crippen LogP contribution >= 0.6 is 0 Å². The number of methoxy groups -OCH3 is 1. The lowest BCUT2D eigenvalue weighted by atomic mass is 9.98. The largest absolute Gasteiger partial charge is 0.469 e. The predicted molar refractivity (Wildman–Crippen MR) is 76.4 cm³/mol. The van der Waals surface area contributed by atoms with Gasteiger partial charge >= 0.3 is 5.97 Å². The molecule has 0 aromatic heterocycles. The molecule has 0 saturated carbocycles. The number of para-hydroxylation sites is 1. The zero-order chi connectivity index (χ0) is 14.4. The second kappa shape index (κ2) is 7.14. The Morgan fingerprint density at radius 2 is 2.11 bits per heavy atom. The summed E-state index contributed by atoms with van der Waals surface area (Å²) >= 11 is 0. The second-order valence-corrected chi connectivity index (χ2v) is 5.01. The maximum absolute atomic E-state index is 11.1. The van der Waals surface area contributed by atoms with Gasteiger partial charge in [-0.3, -0.25) is 4.79 Å². The predicted octanol–water partition coefficient (Wildman–Crippen LogP) is 2.45. The highest BCUT2D eigenvalue weighted by atomic mass is 16.5. The average Bonchev–Trinajstić information content (AvgIpc) is 2.36. The minimum absolute atomic E-state index is 0.00634. The van der Waals surface area contributed by atoms with E-state index in [2.05, 4.69) is 30.0 Å². The Balaban J connectivity index is 2.69. The van der Waals surface area contributed by atoms with E-state index in [1.54, 1.807) is 0 Å². The van der Waals surface area contributed by atoms with Crippen molar-refractivity contribution in [2.24, 2.45) is 0 Å². The summed E-state index contributed by atoms with van der Waals surface area (Å²) in [4.78, 5) is 11.1. The van der Waals surface area contributed by atoms with Crippen molar-refractivity contribution in [1.82, 2.24) is 0 Å².